The zero-order valence-electron chi connectivity index (χ0n) is 15.9. The highest BCUT2D eigenvalue weighted by Crippen LogP contribution is 2.24. The molecule has 136 valence electrons. The zero-order valence-corrected chi connectivity index (χ0v) is 17.5. The maximum absolute atomic E-state index is 5.79. The van der Waals surface area contributed by atoms with Gasteiger partial charge in [-0.25, -0.2) is 0 Å². The van der Waals surface area contributed by atoms with Gasteiger partial charge in [0.2, 0.25) is 0 Å². The van der Waals surface area contributed by atoms with E-state index in [0.717, 1.165) is 12.3 Å². The van der Waals surface area contributed by atoms with Gasteiger partial charge in [0.25, 0.3) is 0 Å². The fraction of sp³-hybridized carbons (Fsp3) is 0.500. The fourth-order valence-electron chi connectivity index (χ4n) is 1.83. The van der Waals surface area contributed by atoms with Gasteiger partial charge in [0.15, 0.2) is 0 Å². The standard InChI is InChI=1S/C17H27NO2.C3H5Br/c1-7-18(5)12-16(19-6)13-20-15-10-8-14(9-11-15)17(2,3)4;1-2-3-4/h7-11,16H,1,12-13H2,2-6H3;2-3H,1H3/b;3-2+. The summed E-state index contributed by atoms with van der Waals surface area (Å²) in [6.45, 7) is 13.6. The molecule has 1 atom stereocenters. The highest BCUT2D eigenvalue weighted by Gasteiger charge is 2.14. The molecule has 0 N–H and O–H groups in total. The highest BCUT2D eigenvalue weighted by atomic mass is 79.9. The van der Waals surface area contributed by atoms with E-state index in [0.29, 0.717) is 6.61 Å². The van der Waals surface area contributed by atoms with Crippen molar-refractivity contribution in [1.29, 1.82) is 0 Å². The van der Waals surface area contributed by atoms with Crippen LogP contribution in [0.25, 0.3) is 0 Å². The lowest BCUT2D eigenvalue weighted by atomic mass is 9.87. The van der Waals surface area contributed by atoms with E-state index in [4.69, 9.17) is 9.47 Å². The van der Waals surface area contributed by atoms with E-state index < -0.39 is 0 Å². The third-order valence-electron chi connectivity index (χ3n) is 3.42. The Labute approximate surface area is 156 Å². The highest BCUT2D eigenvalue weighted by molar-refractivity contribution is 9.11. The van der Waals surface area contributed by atoms with Crippen molar-refractivity contribution in [2.24, 2.45) is 0 Å². The molecule has 1 rings (SSSR count). The van der Waals surface area contributed by atoms with Gasteiger partial charge in [-0.05, 0) is 41.2 Å². The number of halogens is 1. The van der Waals surface area contributed by atoms with Crippen LogP contribution in [0.3, 0.4) is 0 Å². The second-order valence-electron chi connectivity index (χ2n) is 6.52. The van der Waals surface area contributed by atoms with Crippen molar-refractivity contribution in [3.63, 3.8) is 0 Å². The summed E-state index contributed by atoms with van der Waals surface area (Å²) in [5, 5.41) is 0. The second kappa shape index (κ2) is 12.2. The first-order chi connectivity index (χ1) is 11.3. The largest absolute Gasteiger partial charge is 0.491 e. The van der Waals surface area contributed by atoms with Crippen LogP contribution < -0.4 is 4.74 Å². The number of hydrogen-bond acceptors (Lipinski definition) is 3. The summed E-state index contributed by atoms with van der Waals surface area (Å²) in [6.07, 6.45) is 3.73. The Bertz CT molecular complexity index is 473. The van der Waals surface area contributed by atoms with Crippen molar-refractivity contribution >= 4 is 15.9 Å². The van der Waals surface area contributed by atoms with Crippen LogP contribution in [0.1, 0.15) is 33.3 Å². The van der Waals surface area contributed by atoms with E-state index in [1.165, 1.54) is 5.56 Å². The van der Waals surface area contributed by atoms with Crippen molar-refractivity contribution in [1.82, 2.24) is 4.90 Å². The maximum Gasteiger partial charge on any atom is 0.119 e. The lowest BCUT2D eigenvalue weighted by Crippen LogP contribution is -2.31. The van der Waals surface area contributed by atoms with Gasteiger partial charge >= 0.3 is 0 Å². The minimum Gasteiger partial charge on any atom is -0.491 e. The number of allylic oxidation sites excluding steroid dienone is 1. The molecule has 4 heteroatoms. The zero-order chi connectivity index (χ0) is 18.6. The van der Waals surface area contributed by atoms with Crippen LogP contribution in [0.2, 0.25) is 0 Å². The average Bonchev–Trinajstić information content (AvgIpc) is 2.58. The summed E-state index contributed by atoms with van der Waals surface area (Å²) in [7, 11) is 3.67. The van der Waals surface area contributed by atoms with Gasteiger partial charge in [-0.3, -0.25) is 0 Å². The van der Waals surface area contributed by atoms with E-state index in [9.17, 15) is 0 Å². The molecule has 1 unspecified atom stereocenters. The van der Waals surface area contributed by atoms with Gasteiger partial charge in [-0.1, -0.05) is 61.5 Å². The number of methoxy groups -OCH3 is 1. The number of rotatable bonds is 7. The third-order valence-corrected chi connectivity index (χ3v) is 3.95. The molecule has 1 aromatic rings. The lowest BCUT2D eigenvalue weighted by Gasteiger charge is -2.22. The van der Waals surface area contributed by atoms with E-state index in [-0.39, 0.29) is 11.5 Å². The molecule has 0 bridgehead atoms. The molecule has 0 heterocycles. The van der Waals surface area contributed by atoms with Gasteiger partial charge in [0.05, 0.1) is 0 Å². The monoisotopic (exact) mass is 397 g/mol. The van der Waals surface area contributed by atoms with Crippen LogP contribution in [0.4, 0.5) is 0 Å². The number of likely N-dealkylation sites (N-methyl/N-ethyl adjacent to an activating group) is 1. The Morgan fingerprint density at radius 1 is 1.25 bits per heavy atom. The topological polar surface area (TPSA) is 21.7 Å². The van der Waals surface area contributed by atoms with Gasteiger partial charge in [0.1, 0.15) is 18.5 Å². The molecule has 0 aliphatic heterocycles. The Hall–Kier alpha value is -1.26. The molecule has 0 spiro atoms. The Morgan fingerprint density at radius 3 is 2.17 bits per heavy atom. The Morgan fingerprint density at radius 2 is 1.79 bits per heavy atom. The van der Waals surface area contributed by atoms with E-state index in [2.05, 4.69) is 55.4 Å². The minimum absolute atomic E-state index is 0.0280. The molecular formula is C20H32BrNO2. The summed E-state index contributed by atoms with van der Waals surface area (Å²) < 4.78 is 11.2. The molecule has 3 nitrogen and oxygen atoms in total. The molecule has 24 heavy (non-hydrogen) atoms. The van der Waals surface area contributed by atoms with Crippen LogP contribution in [-0.2, 0) is 10.2 Å². The predicted molar refractivity (Wildman–Crippen MR) is 108 cm³/mol. The number of hydrogen-bond donors (Lipinski definition) is 0. The van der Waals surface area contributed by atoms with Crippen LogP contribution in [-0.4, -0.2) is 38.3 Å². The van der Waals surface area contributed by atoms with Crippen molar-refractivity contribution in [2.75, 3.05) is 27.3 Å². The third kappa shape index (κ3) is 9.78. The molecular weight excluding hydrogens is 366 g/mol. The molecule has 0 saturated heterocycles. The molecule has 0 aromatic heterocycles. The minimum atomic E-state index is 0.0280. The number of benzene rings is 1. The van der Waals surface area contributed by atoms with Gasteiger partial charge in [-0.15, -0.1) is 0 Å². The van der Waals surface area contributed by atoms with Gasteiger partial charge < -0.3 is 14.4 Å². The van der Waals surface area contributed by atoms with E-state index in [1.54, 1.807) is 13.3 Å². The first-order valence-electron chi connectivity index (χ1n) is 8.08. The molecule has 0 saturated carbocycles. The van der Waals surface area contributed by atoms with Crippen molar-refractivity contribution in [2.45, 2.75) is 39.2 Å². The van der Waals surface area contributed by atoms with Gasteiger partial charge in [0, 0.05) is 20.7 Å². The van der Waals surface area contributed by atoms with Crippen LogP contribution in [0.15, 0.2) is 48.1 Å². The molecule has 0 amide bonds. The van der Waals surface area contributed by atoms with Crippen molar-refractivity contribution < 1.29 is 9.47 Å². The molecule has 0 radical (unpaired) electrons. The Kier molecular flexibility index (Phi) is 11.5. The maximum atomic E-state index is 5.79. The van der Waals surface area contributed by atoms with Crippen LogP contribution >= 0.6 is 15.9 Å². The Balaban J connectivity index is 0.00000118. The average molecular weight is 398 g/mol. The van der Waals surface area contributed by atoms with E-state index >= 15 is 0 Å². The molecule has 1 aromatic carbocycles. The summed E-state index contributed by atoms with van der Waals surface area (Å²) >= 11 is 3.07. The molecule has 0 aliphatic rings. The summed E-state index contributed by atoms with van der Waals surface area (Å²) in [6, 6.07) is 8.27. The summed E-state index contributed by atoms with van der Waals surface area (Å²) in [4.78, 5) is 3.80. The molecule has 0 fully saturated rings. The molecule has 0 aliphatic carbocycles. The van der Waals surface area contributed by atoms with Crippen molar-refractivity contribution in [3.8, 4) is 5.75 Å². The van der Waals surface area contributed by atoms with Crippen LogP contribution in [0, 0.1) is 0 Å². The number of ether oxygens (including phenoxy) is 2. The van der Waals surface area contributed by atoms with Crippen molar-refractivity contribution in [3.05, 3.63) is 53.7 Å². The van der Waals surface area contributed by atoms with Crippen LogP contribution in [0.5, 0.6) is 5.75 Å². The SMILES string of the molecule is C/C=C/Br.C=CN(C)CC(COc1ccc(C(C)(C)C)cc1)OC. The summed E-state index contributed by atoms with van der Waals surface area (Å²) in [5.74, 6) is 0.876. The fourth-order valence-corrected chi connectivity index (χ4v) is 1.83. The van der Waals surface area contributed by atoms with E-state index in [1.807, 2.05) is 42.1 Å². The first-order valence-corrected chi connectivity index (χ1v) is 9.00. The predicted octanol–water partition coefficient (Wildman–Crippen LogP) is 5.37. The lowest BCUT2D eigenvalue weighted by molar-refractivity contribution is 0.0432. The normalized spacial score (nSPS) is 12.3. The second-order valence-corrected chi connectivity index (χ2v) is 7.05. The number of nitrogens with zero attached hydrogens (tertiary/aromatic N) is 1. The first kappa shape index (κ1) is 22.7. The quantitative estimate of drug-likeness (QED) is 0.617. The van der Waals surface area contributed by atoms with Gasteiger partial charge in [-0.2, -0.15) is 0 Å². The summed E-state index contributed by atoms with van der Waals surface area (Å²) in [5.41, 5.74) is 1.47. The smallest absolute Gasteiger partial charge is 0.119 e.